The number of esters is 1. The van der Waals surface area contributed by atoms with Crippen molar-refractivity contribution in [2.75, 3.05) is 20.3 Å². The van der Waals surface area contributed by atoms with E-state index in [0.717, 1.165) is 19.1 Å². The minimum Gasteiger partial charge on any atom is -0.479 e. The second-order valence-corrected chi connectivity index (χ2v) is 23.0. The predicted molar refractivity (Wildman–Crippen MR) is 231 cm³/mol. The first-order valence-corrected chi connectivity index (χ1v) is 24.2. The number of aliphatic carboxylic acids is 1. The highest BCUT2D eigenvalue weighted by atomic mass is 16.8. The zero-order valence-electron chi connectivity index (χ0n) is 40.0. The Morgan fingerprint density at radius 3 is 2.07 bits per heavy atom. The number of aliphatic hydroxyl groups excluding tert-OH is 9. The fraction of sp³-hybridized carbons (Fsp3) is 0.896. The molecule has 0 spiro atoms. The number of carbonyl (C=O) groups is 3. The Bertz CT molecular complexity index is 1930. The number of rotatable bonds is 10. The molecule has 68 heavy (non-hydrogen) atoms. The molecular weight excluding hydrogens is 897 g/mol. The van der Waals surface area contributed by atoms with Crippen LogP contribution in [0.25, 0.3) is 0 Å². The van der Waals surface area contributed by atoms with Gasteiger partial charge in [0.1, 0.15) is 72.7 Å². The van der Waals surface area contributed by atoms with Crippen LogP contribution in [0.15, 0.2) is 11.6 Å². The molecule has 20 heteroatoms. The van der Waals surface area contributed by atoms with Crippen molar-refractivity contribution in [3.8, 4) is 0 Å². The molecule has 386 valence electrons. The summed E-state index contributed by atoms with van der Waals surface area (Å²) >= 11 is 0. The van der Waals surface area contributed by atoms with E-state index >= 15 is 0 Å². The quantitative estimate of drug-likeness (QED) is 0.0580. The second kappa shape index (κ2) is 18.4. The first kappa shape index (κ1) is 52.1. The molecule has 10 N–H and O–H groups in total. The molecule has 9 unspecified atom stereocenters. The molecule has 24 atom stereocenters. The molecule has 0 bridgehead atoms. The topological polar surface area (TPSA) is 318 Å². The van der Waals surface area contributed by atoms with Gasteiger partial charge >= 0.3 is 11.9 Å². The van der Waals surface area contributed by atoms with Crippen LogP contribution in [-0.4, -0.2) is 188 Å². The van der Waals surface area contributed by atoms with E-state index in [1.165, 1.54) is 12.7 Å². The normalized spacial score (nSPS) is 53.4. The molecule has 3 saturated heterocycles. The standard InChI is InChI=1S/C48H74O20/c1-43(2)14-15-48(42(61)62-7)22(16-43)21-8-9-26-44(3)12-11-28(45(4,20-50)25(44)10-13-46(26,5)47(21,6)17-27(48)52)65-41-37(68-40-33(57)31(55)30(54)24(18-49)64-40)35(34(58)36(67-41)38(59)60)66-39-32(56)29(53)23(51)19-63-39/h8,20,22-37,39-41,49,51-58H,9-19H2,1-7H3,(H,59,60)/t22?,23-,24?,25-,26?,27?,28+,29+,30+,31+,32?,33?,34+,35+,36?,37?,39+,40+,41-,44?,45-,46+,47-,48-/m1/s1. The monoisotopic (exact) mass is 970 g/mol. The first-order chi connectivity index (χ1) is 31.8. The van der Waals surface area contributed by atoms with Crippen LogP contribution in [0.4, 0.5) is 0 Å². The van der Waals surface area contributed by atoms with E-state index < -0.39 is 139 Å². The highest BCUT2D eigenvalue weighted by molar-refractivity contribution is 5.79. The van der Waals surface area contributed by atoms with Crippen molar-refractivity contribution in [1.29, 1.82) is 0 Å². The minimum absolute atomic E-state index is 0.00506. The van der Waals surface area contributed by atoms with Gasteiger partial charge in [-0.05, 0) is 97.2 Å². The summed E-state index contributed by atoms with van der Waals surface area (Å²) in [5, 5.41) is 108. The Morgan fingerprint density at radius 2 is 1.43 bits per heavy atom. The van der Waals surface area contributed by atoms with Gasteiger partial charge in [0, 0.05) is 0 Å². The van der Waals surface area contributed by atoms with Gasteiger partial charge in [0.05, 0.1) is 37.9 Å². The Hall–Kier alpha value is -2.25. The van der Waals surface area contributed by atoms with E-state index in [1.54, 1.807) is 6.92 Å². The lowest BCUT2D eigenvalue weighted by atomic mass is 9.33. The van der Waals surface area contributed by atoms with Crippen molar-refractivity contribution in [2.24, 2.45) is 50.2 Å². The van der Waals surface area contributed by atoms with Gasteiger partial charge in [-0.2, -0.15) is 0 Å². The fourth-order valence-corrected chi connectivity index (χ4v) is 15.0. The van der Waals surface area contributed by atoms with Crippen molar-refractivity contribution in [1.82, 2.24) is 0 Å². The summed E-state index contributed by atoms with van der Waals surface area (Å²) in [5.74, 6) is -2.58. The molecule has 3 aliphatic heterocycles. The largest absolute Gasteiger partial charge is 0.479 e. The summed E-state index contributed by atoms with van der Waals surface area (Å²) in [6.07, 6.45) is -19.7. The average molecular weight is 971 g/mol. The molecule has 20 nitrogen and oxygen atoms in total. The minimum atomic E-state index is -2.13. The van der Waals surface area contributed by atoms with Crippen LogP contribution in [0, 0.1) is 50.2 Å². The average Bonchev–Trinajstić information content (AvgIpc) is 3.28. The maximum Gasteiger partial charge on any atom is 0.335 e. The number of ether oxygens (including phenoxy) is 7. The Balaban J connectivity index is 1.13. The molecule has 0 aromatic carbocycles. The van der Waals surface area contributed by atoms with Gasteiger partial charge < -0.3 is 89.0 Å². The number of hydrogen-bond acceptors (Lipinski definition) is 19. The van der Waals surface area contributed by atoms with E-state index in [9.17, 15) is 65.4 Å². The van der Waals surface area contributed by atoms with Crippen LogP contribution >= 0.6 is 0 Å². The van der Waals surface area contributed by atoms with Crippen molar-refractivity contribution >= 4 is 18.2 Å². The van der Waals surface area contributed by atoms with E-state index in [0.29, 0.717) is 38.5 Å². The SMILES string of the molecule is COC(=O)[C@]12CCC(C)(C)CC1C1=CCC3C4(C)CC[C@H](O[C@@H]5OC(C(=O)O)[C@@H](O)[C@H](O[C@@H]6OC[C@@H](O)[C@H](O)C6O)C5O[C@@H]5OC(CO)[C@H](O)[C@H](O)C5O)[C@](C)(C=O)[C@@H]4CC[C@]3(C)[C@]1(C)CC2O. The van der Waals surface area contributed by atoms with Crippen LogP contribution < -0.4 is 0 Å². The summed E-state index contributed by atoms with van der Waals surface area (Å²) < 4.78 is 41.4. The second-order valence-electron chi connectivity index (χ2n) is 23.0. The lowest BCUT2D eigenvalue weighted by Crippen LogP contribution is -2.69. The van der Waals surface area contributed by atoms with Crippen LogP contribution in [-0.2, 0) is 47.5 Å². The molecule has 5 aliphatic carbocycles. The summed E-state index contributed by atoms with van der Waals surface area (Å²) in [7, 11) is 1.39. The van der Waals surface area contributed by atoms with E-state index in [1.807, 2.05) is 0 Å². The van der Waals surface area contributed by atoms with Gasteiger partial charge in [0.2, 0.25) is 0 Å². The maximum atomic E-state index is 13.9. The summed E-state index contributed by atoms with van der Waals surface area (Å²) in [6.45, 7) is 11.6. The smallest absolute Gasteiger partial charge is 0.335 e. The van der Waals surface area contributed by atoms with Crippen molar-refractivity contribution in [3.63, 3.8) is 0 Å². The summed E-state index contributed by atoms with van der Waals surface area (Å²) in [6, 6.07) is 0. The molecular formula is C48H74O20. The van der Waals surface area contributed by atoms with Gasteiger partial charge in [-0.25, -0.2) is 4.79 Å². The first-order valence-electron chi connectivity index (χ1n) is 24.2. The number of fused-ring (bicyclic) bond motifs is 7. The predicted octanol–water partition coefficient (Wildman–Crippen LogP) is -0.324. The Morgan fingerprint density at radius 1 is 0.750 bits per heavy atom. The number of carboxylic acids is 1. The number of methoxy groups -OCH3 is 1. The molecule has 7 fully saturated rings. The van der Waals surface area contributed by atoms with Crippen molar-refractivity contribution in [3.05, 3.63) is 11.6 Å². The fourth-order valence-electron chi connectivity index (χ4n) is 15.0. The van der Waals surface area contributed by atoms with Crippen molar-refractivity contribution < 1.29 is 98.6 Å². The van der Waals surface area contributed by atoms with Gasteiger partial charge in [-0.3, -0.25) is 4.79 Å². The molecule has 4 saturated carbocycles. The molecule has 3 heterocycles. The van der Waals surface area contributed by atoms with Gasteiger partial charge in [0.15, 0.2) is 25.0 Å². The summed E-state index contributed by atoms with van der Waals surface area (Å²) in [4.78, 5) is 40.4. The molecule has 0 aromatic heterocycles. The van der Waals surface area contributed by atoms with Gasteiger partial charge in [-0.1, -0.05) is 53.2 Å². The molecule has 0 radical (unpaired) electrons. The van der Waals surface area contributed by atoms with Crippen LogP contribution in [0.1, 0.15) is 99.3 Å². The number of carboxylic acid groups (broad SMARTS) is 1. The third-order valence-corrected chi connectivity index (χ3v) is 19.1. The lowest BCUT2D eigenvalue weighted by Gasteiger charge is -2.71. The van der Waals surface area contributed by atoms with Crippen molar-refractivity contribution in [2.45, 2.75) is 198 Å². The third kappa shape index (κ3) is 7.86. The lowest BCUT2D eigenvalue weighted by molar-refractivity contribution is -0.391. The number of aliphatic hydroxyl groups is 9. The summed E-state index contributed by atoms with van der Waals surface area (Å²) in [5.41, 5.74) is -2.59. The van der Waals surface area contributed by atoms with E-state index in [-0.39, 0.29) is 41.0 Å². The highest BCUT2D eigenvalue weighted by Crippen LogP contribution is 2.76. The zero-order chi connectivity index (χ0) is 49.8. The highest BCUT2D eigenvalue weighted by Gasteiger charge is 2.72. The molecule has 0 amide bonds. The van der Waals surface area contributed by atoms with Crippen LogP contribution in [0.5, 0.6) is 0 Å². The van der Waals surface area contributed by atoms with Gasteiger partial charge in [0.25, 0.3) is 0 Å². The molecule has 8 rings (SSSR count). The molecule has 8 aliphatic rings. The number of allylic oxidation sites excluding steroid dienone is 2. The third-order valence-electron chi connectivity index (χ3n) is 19.1. The van der Waals surface area contributed by atoms with E-state index in [4.69, 9.17) is 33.2 Å². The molecule has 0 aromatic rings. The van der Waals surface area contributed by atoms with Crippen LogP contribution in [0.2, 0.25) is 0 Å². The Kier molecular flexibility index (Phi) is 14.1. The maximum absolute atomic E-state index is 13.9. The Labute approximate surface area is 395 Å². The van der Waals surface area contributed by atoms with E-state index in [2.05, 4.69) is 40.7 Å². The van der Waals surface area contributed by atoms with Crippen LogP contribution in [0.3, 0.4) is 0 Å². The van der Waals surface area contributed by atoms with Gasteiger partial charge in [-0.15, -0.1) is 0 Å². The number of carbonyl (C=O) groups excluding carboxylic acids is 2. The zero-order valence-corrected chi connectivity index (χ0v) is 40.0. The number of aldehydes is 1. The number of hydrogen-bond donors (Lipinski definition) is 10.